The molecular formula is C19H22N2O3S. The zero-order valence-corrected chi connectivity index (χ0v) is 15.1. The highest BCUT2D eigenvalue weighted by molar-refractivity contribution is 7.14. The van der Waals surface area contributed by atoms with Crippen LogP contribution in [0.5, 0.6) is 5.75 Å². The van der Waals surface area contributed by atoms with Crippen LogP contribution in [-0.4, -0.2) is 18.4 Å². The number of nitrogens with one attached hydrogen (secondary N) is 2. The van der Waals surface area contributed by atoms with Gasteiger partial charge in [-0.15, -0.1) is 11.3 Å². The summed E-state index contributed by atoms with van der Waals surface area (Å²) >= 11 is 1.52. The molecule has 0 saturated carbocycles. The molecule has 2 aromatic rings. The van der Waals surface area contributed by atoms with E-state index >= 15 is 0 Å². The summed E-state index contributed by atoms with van der Waals surface area (Å²) in [5.41, 5.74) is 7.31. The lowest BCUT2D eigenvalue weighted by atomic mass is 9.99. The maximum absolute atomic E-state index is 12.2. The average Bonchev–Trinajstić information content (AvgIpc) is 3.04. The maximum Gasteiger partial charge on any atom is 0.279 e. The van der Waals surface area contributed by atoms with Gasteiger partial charge in [0.2, 0.25) is 5.91 Å². The van der Waals surface area contributed by atoms with E-state index in [9.17, 15) is 9.59 Å². The zero-order chi connectivity index (χ0) is 17.6. The lowest BCUT2D eigenvalue weighted by molar-refractivity contribution is -0.122. The van der Waals surface area contributed by atoms with Gasteiger partial charge in [0, 0.05) is 4.88 Å². The first-order valence-electron chi connectivity index (χ1n) is 8.52. The Kier molecular flexibility index (Phi) is 5.71. The van der Waals surface area contributed by atoms with Crippen molar-refractivity contribution >= 4 is 23.2 Å². The molecule has 1 aliphatic carbocycles. The van der Waals surface area contributed by atoms with Crippen LogP contribution in [0.3, 0.4) is 0 Å². The third-order valence-electron chi connectivity index (χ3n) is 4.12. The number of hydrogen-bond donors (Lipinski definition) is 2. The lowest BCUT2D eigenvalue weighted by Crippen LogP contribution is -2.41. The quantitative estimate of drug-likeness (QED) is 0.807. The van der Waals surface area contributed by atoms with Crippen LogP contribution in [0.4, 0.5) is 0 Å². The fraction of sp³-hybridized carbons (Fsp3) is 0.368. The highest BCUT2D eigenvalue weighted by Gasteiger charge is 2.17. The Morgan fingerprint density at radius 2 is 2.00 bits per heavy atom. The van der Waals surface area contributed by atoms with Crippen molar-refractivity contribution in [3.05, 3.63) is 51.2 Å². The third kappa shape index (κ3) is 4.82. The Morgan fingerprint density at radius 3 is 2.80 bits per heavy atom. The molecule has 5 nitrogen and oxygen atoms in total. The van der Waals surface area contributed by atoms with E-state index in [1.807, 2.05) is 37.3 Å². The van der Waals surface area contributed by atoms with Crippen molar-refractivity contribution < 1.29 is 14.3 Å². The van der Waals surface area contributed by atoms with Gasteiger partial charge >= 0.3 is 0 Å². The van der Waals surface area contributed by atoms with Gasteiger partial charge in [0.1, 0.15) is 5.75 Å². The van der Waals surface area contributed by atoms with Crippen LogP contribution >= 0.6 is 11.3 Å². The van der Waals surface area contributed by atoms with Gasteiger partial charge in [-0.25, -0.2) is 0 Å². The second kappa shape index (κ2) is 8.16. The maximum atomic E-state index is 12.2. The summed E-state index contributed by atoms with van der Waals surface area (Å²) in [5.74, 6) is 0.204. The van der Waals surface area contributed by atoms with Gasteiger partial charge in [0.05, 0.1) is 17.9 Å². The predicted octanol–water partition coefficient (Wildman–Crippen LogP) is 3.17. The number of aryl methyl sites for hydroxylation is 3. The van der Waals surface area contributed by atoms with Gasteiger partial charge < -0.3 is 4.74 Å². The number of fused-ring (bicyclic) bond motifs is 1. The predicted molar refractivity (Wildman–Crippen MR) is 97.9 cm³/mol. The molecule has 3 rings (SSSR count). The number of benzene rings is 1. The van der Waals surface area contributed by atoms with Crippen LogP contribution < -0.4 is 15.6 Å². The Morgan fingerprint density at radius 1 is 1.16 bits per heavy atom. The average molecular weight is 358 g/mol. The second-order valence-electron chi connectivity index (χ2n) is 6.18. The molecule has 2 amide bonds. The molecular weight excluding hydrogens is 336 g/mol. The van der Waals surface area contributed by atoms with Crippen molar-refractivity contribution in [3.8, 4) is 5.75 Å². The van der Waals surface area contributed by atoms with Crippen molar-refractivity contribution in [2.45, 2.75) is 39.0 Å². The van der Waals surface area contributed by atoms with Crippen molar-refractivity contribution in [3.63, 3.8) is 0 Å². The number of hydrazine groups is 1. The van der Waals surface area contributed by atoms with Crippen molar-refractivity contribution in [2.75, 3.05) is 6.61 Å². The van der Waals surface area contributed by atoms with E-state index < -0.39 is 0 Å². The van der Waals surface area contributed by atoms with Gasteiger partial charge in [-0.2, -0.15) is 0 Å². The summed E-state index contributed by atoms with van der Waals surface area (Å²) in [7, 11) is 0. The molecule has 0 aliphatic heterocycles. The van der Waals surface area contributed by atoms with Crippen LogP contribution in [-0.2, 0) is 17.6 Å². The lowest BCUT2D eigenvalue weighted by Gasteiger charge is -2.08. The smallest absolute Gasteiger partial charge is 0.279 e. The summed E-state index contributed by atoms with van der Waals surface area (Å²) in [6, 6.07) is 9.61. The molecule has 0 spiro atoms. The molecule has 1 aromatic heterocycles. The molecule has 0 bridgehead atoms. The van der Waals surface area contributed by atoms with Crippen LogP contribution in [0.25, 0.3) is 0 Å². The largest absolute Gasteiger partial charge is 0.493 e. The summed E-state index contributed by atoms with van der Waals surface area (Å²) in [5, 5.41) is 0. The number of amides is 2. The first-order chi connectivity index (χ1) is 12.1. The summed E-state index contributed by atoms with van der Waals surface area (Å²) in [6.07, 6.45) is 4.64. The Balaban J connectivity index is 1.41. The molecule has 0 radical (unpaired) electrons. The van der Waals surface area contributed by atoms with Crippen LogP contribution in [0.15, 0.2) is 30.3 Å². The fourth-order valence-corrected chi connectivity index (χ4v) is 3.97. The molecule has 1 aliphatic rings. The van der Waals surface area contributed by atoms with E-state index in [1.165, 1.54) is 34.6 Å². The zero-order valence-electron chi connectivity index (χ0n) is 14.3. The molecule has 0 saturated heterocycles. The van der Waals surface area contributed by atoms with Gasteiger partial charge in [0.25, 0.3) is 5.91 Å². The number of ether oxygens (including phenoxy) is 1. The van der Waals surface area contributed by atoms with Crippen molar-refractivity contribution in [2.24, 2.45) is 0 Å². The standard InChI is InChI=1S/C19H22N2O3S/c1-13-5-4-7-15(11-13)24-10-9-18(22)20-21-19(23)17-12-14-6-2-3-8-16(14)25-17/h4-5,7,11-12H,2-3,6,8-10H2,1H3,(H,20,22)(H,21,23). The topological polar surface area (TPSA) is 67.4 Å². The van der Waals surface area contributed by atoms with Crippen molar-refractivity contribution in [1.82, 2.24) is 10.9 Å². The van der Waals surface area contributed by atoms with Crippen LogP contribution in [0.1, 0.15) is 44.9 Å². The highest BCUT2D eigenvalue weighted by atomic mass is 32.1. The summed E-state index contributed by atoms with van der Waals surface area (Å²) < 4.78 is 5.53. The molecule has 1 aromatic carbocycles. The Labute approximate surface area is 151 Å². The van der Waals surface area contributed by atoms with E-state index in [0.29, 0.717) is 4.88 Å². The SMILES string of the molecule is Cc1cccc(OCCC(=O)NNC(=O)c2cc3c(s2)CCCC3)c1. The molecule has 0 atom stereocenters. The van der Waals surface area contributed by atoms with Gasteiger partial charge in [-0.1, -0.05) is 12.1 Å². The van der Waals surface area contributed by atoms with E-state index in [2.05, 4.69) is 10.9 Å². The van der Waals surface area contributed by atoms with Crippen LogP contribution in [0, 0.1) is 6.92 Å². The first kappa shape index (κ1) is 17.5. The summed E-state index contributed by atoms with van der Waals surface area (Å²) in [4.78, 5) is 25.9. The van der Waals surface area contributed by atoms with E-state index in [-0.39, 0.29) is 24.8 Å². The molecule has 2 N–H and O–H groups in total. The van der Waals surface area contributed by atoms with Gasteiger partial charge in [-0.3, -0.25) is 20.4 Å². The molecule has 0 fully saturated rings. The first-order valence-corrected chi connectivity index (χ1v) is 9.34. The monoisotopic (exact) mass is 358 g/mol. The Hall–Kier alpha value is -2.34. The number of thiophene rings is 1. The number of rotatable bonds is 5. The number of carbonyl (C=O) groups is 2. The van der Waals surface area contributed by atoms with Gasteiger partial charge in [0.15, 0.2) is 0 Å². The number of hydrogen-bond acceptors (Lipinski definition) is 4. The minimum Gasteiger partial charge on any atom is -0.493 e. The van der Waals surface area contributed by atoms with Crippen LogP contribution in [0.2, 0.25) is 0 Å². The fourth-order valence-electron chi connectivity index (χ4n) is 2.82. The molecule has 6 heteroatoms. The molecule has 1 heterocycles. The molecule has 25 heavy (non-hydrogen) atoms. The molecule has 132 valence electrons. The van der Waals surface area contributed by atoms with E-state index in [1.54, 1.807) is 0 Å². The second-order valence-corrected chi connectivity index (χ2v) is 7.32. The number of carbonyl (C=O) groups excluding carboxylic acids is 2. The third-order valence-corrected chi connectivity index (χ3v) is 5.36. The van der Waals surface area contributed by atoms with Crippen molar-refractivity contribution in [1.29, 1.82) is 0 Å². The van der Waals surface area contributed by atoms with E-state index in [0.717, 1.165) is 24.2 Å². The molecule has 0 unspecified atom stereocenters. The normalized spacial score (nSPS) is 13.0. The highest BCUT2D eigenvalue weighted by Crippen LogP contribution is 2.29. The Bertz CT molecular complexity index is 746. The van der Waals surface area contributed by atoms with E-state index in [4.69, 9.17) is 4.74 Å². The van der Waals surface area contributed by atoms with Gasteiger partial charge in [-0.05, 0) is 61.9 Å². The minimum atomic E-state index is -0.276. The minimum absolute atomic E-state index is 0.176. The summed E-state index contributed by atoms with van der Waals surface area (Å²) in [6.45, 7) is 2.25.